The number of hydrogen-bond acceptors (Lipinski definition) is 5. The standard InChI is InChI=1S/C25H32F3NO5/c1-4-21-20(29-22(34-21)18-8-10-19(11-9-18)25(26,27)28)15-32-13-16-6-5-7-17(12-16)14-33-24(2,3)23(30)31/h8-11,16-17H,4-7,12-15H2,1-3H3,(H,30,31)/t16-,17?/m1/s1. The molecule has 1 aromatic heterocycles. The van der Waals surface area contributed by atoms with Gasteiger partial charge in [-0.15, -0.1) is 0 Å². The van der Waals surface area contributed by atoms with Crippen LogP contribution in [0.4, 0.5) is 13.2 Å². The van der Waals surface area contributed by atoms with E-state index in [-0.39, 0.29) is 12.5 Å². The number of carboxylic acid groups (broad SMARTS) is 1. The van der Waals surface area contributed by atoms with Gasteiger partial charge in [0.15, 0.2) is 5.60 Å². The summed E-state index contributed by atoms with van der Waals surface area (Å²) in [6, 6.07) is 4.74. The molecule has 1 aromatic carbocycles. The number of alkyl halides is 3. The summed E-state index contributed by atoms with van der Waals surface area (Å²) in [6.07, 6.45) is 0.193. The first kappa shape index (κ1) is 26.2. The first-order chi connectivity index (χ1) is 16.0. The number of ether oxygens (including phenoxy) is 2. The SMILES string of the molecule is CCc1oc(-c2ccc(C(F)(F)F)cc2)nc1COC[C@@H]1CCCC(COC(C)(C)C(=O)O)C1. The Morgan fingerprint density at radius 1 is 1.15 bits per heavy atom. The molecule has 1 fully saturated rings. The molecule has 1 N–H and O–H groups in total. The van der Waals surface area contributed by atoms with E-state index in [2.05, 4.69) is 4.98 Å². The molecule has 1 heterocycles. The average Bonchev–Trinajstić information content (AvgIpc) is 3.21. The fourth-order valence-electron chi connectivity index (χ4n) is 4.11. The lowest BCUT2D eigenvalue weighted by molar-refractivity contribution is -0.163. The summed E-state index contributed by atoms with van der Waals surface area (Å²) in [4.78, 5) is 15.7. The van der Waals surface area contributed by atoms with Crippen LogP contribution in [0.3, 0.4) is 0 Å². The zero-order chi connectivity index (χ0) is 24.9. The van der Waals surface area contributed by atoms with Gasteiger partial charge in [-0.3, -0.25) is 0 Å². The van der Waals surface area contributed by atoms with E-state index in [0.29, 0.717) is 48.5 Å². The fourth-order valence-corrected chi connectivity index (χ4v) is 4.11. The molecule has 0 spiro atoms. The summed E-state index contributed by atoms with van der Waals surface area (Å²) in [5.41, 5.74) is -0.785. The van der Waals surface area contributed by atoms with Crippen LogP contribution in [0.1, 0.15) is 63.5 Å². The monoisotopic (exact) mass is 483 g/mol. The predicted molar refractivity (Wildman–Crippen MR) is 119 cm³/mol. The Morgan fingerprint density at radius 2 is 1.79 bits per heavy atom. The molecule has 2 aromatic rings. The number of rotatable bonds is 10. The van der Waals surface area contributed by atoms with Gasteiger partial charge in [-0.1, -0.05) is 13.3 Å². The van der Waals surface area contributed by atoms with Gasteiger partial charge < -0.3 is 19.0 Å². The van der Waals surface area contributed by atoms with Crippen molar-refractivity contribution in [2.24, 2.45) is 11.8 Å². The van der Waals surface area contributed by atoms with Crippen LogP contribution in [0.2, 0.25) is 0 Å². The molecule has 1 aliphatic rings. The summed E-state index contributed by atoms with van der Waals surface area (Å²) in [7, 11) is 0. The first-order valence-corrected chi connectivity index (χ1v) is 11.6. The van der Waals surface area contributed by atoms with Crippen LogP contribution in [0.5, 0.6) is 0 Å². The summed E-state index contributed by atoms with van der Waals surface area (Å²) in [5.74, 6) is 0.603. The molecule has 6 nitrogen and oxygen atoms in total. The topological polar surface area (TPSA) is 81.8 Å². The number of aromatic nitrogens is 1. The van der Waals surface area contributed by atoms with Crippen molar-refractivity contribution in [1.29, 1.82) is 0 Å². The summed E-state index contributed by atoms with van der Waals surface area (Å²) >= 11 is 0. The van der Waals surface area contributed by atoms with Gasteiger partial charge in [0.05, 0.1) is 18.8 Å². The number of aryl methyl sites for hydroxylation is 1. The second kappa shape index (κ2) is 10.9. The Kier molecular flexibility index (Phi) is 8.41. The molecule has 0 radical (unpaired) electrons. The molecule has 0 aliphatic heterocycles. The number of carbonyl (C=O) groups is 1. The normalized spacial score (nSPS) is 19.4. The Morgan fingerprint density at radius 3 is 2.38 bits per heavy atom. The van der Waals surface area contributed by atoms with Crippen molar-refractivity contribution < 1.29 is 37.0 Å². The van der Waals surface area contributed by atoms with Gasteiger partial charge in [0.25, 0.3) is 0 Å². The summed E-state index contributed by atoms with van der Waals surface area (Å²) in [6.45, 7) is 6.25. The molecule has 2 atom stereocenters. The average molecular weight is 484 g/mol. The predicted octanol–water partition coefficient (Wildman–Crippen LogP) is 6.13. The highest BCUT2D eigenvalue weighted by molar-refractivity contribution is 5.76. The van der Waals surface area contributed by atoms with Crippen molar-refractivity contribution in [1.82, 2.24) is 4.98 Å². The van der Waals surface area contributed by atoms with Crippen molar-refractivity contribution in [3.63, 3.8) is 0 Å². The smallest absolute Gasteiger partial charge is 0.416 e. The highest BCUT2D eigenvalue weighted by Gasteiger charge is 2.31. The highest BCUT2D eigenvalue weighted by Crippen LogP contribution is 2.32. The zero-order valence-electron chi connectivity index (χ0n) is 19.8. The lowest BCUT2D eigenvalue weighted by atomic mass is 9.82. The third kappa shape index (κ3) is 6.82. The molecule has 188 valence electrons. The molecule has 0 amide bonds. The van der Waals surface area contributed by atoms with Crippen LogP contribution in [0.25, 0.3) is 11.5 Å². The Balaban J connectivity index is 1.53. The lowest BCUT2D eigenvalue weighted by Crippen LogP contribution is -2.37. The molecular weight excluding hydrogens is 451 g/mol. The maximum Gasteiger partial charge on any atom is 0.416 e. The molecule has 0 saturated heterocycles. The molecule has 9 heteroatoms. The van der Waals surface area contributed by atoms with Crippen molar-refractivity contribution in [3.05, 3.63) is 41.3 Å². The minimum atomic E-state index is -4.39. The van der Waals surface area contributed by atoms with E-state index in [1.165, 1.54) is 12.1 Å². The minimum absolute atomic E-state index is 0.261. The van der Waals surface area contributed by atoms with E-state index >= 15 is 0 Å². The highest BCUT2D eigenvalue weighted by atomic mass is 19.4. The van der Waals surface area contributed by atoms with Crippen LogP contribution < -0.4 is 0 Å². The summed E-state index contributed by atoms with van der Waals surface area (Å²) in [5, 5.41) is 9.20. The molecule has 1 aliphatic carbocycles. The number of halogens is 3. The van der Waals surface area contributed by atoms with Gasteiger partial charge in [-0.05, 0) is 69.2 Å². The van der Waals surface area contributed by atoms with E-state index in [0.717, 1.165) is 37.8 Å². The maximum atomic E-state index is 12.8. The van der Waals surface area contributed by atoms with Crippen molar-refractivity contribution in [2.75, 3.05) is 13.2 Å². The Bertz CT molecular complexity index is 952. The number of aliphatic carboxylic acids is 1. The van der Waals surface area contributed by atoms with E-state index in [4.69, 9.17) is 13.9 Å². The quantitative estimate of drug-likeness (QED) is 0.438. The lowest BCUT2D eigenvalue weighted by Gasteiger charge is -2.31. The third-order valence-corrected chi connectivity index (χ3v) is 6.24. The van der Waals surface area contributed by atoms with Crippen molar-refractivity contribution >= 4 is 5.97 Å². The van der Waals surface area contributed by atoms with Gasteiger partial charge in [0, 0.05) is 18.6 Å². The minimum Gasteiger partial charge on any atom is -0.479 e. The molecule has 0 bridgehead atoms. The van der Waals surface area contributed by atoms with Crippen LogP contribution in [0.15, 0.2) is 28.7 Å². The van der Waals surface area contributed by atoms with E-state index in [1.807, 2.05) is 6.92 Å². The first-order valence-electron chi connectivity index (χ1n) is 11.6. The van der Waals surface area contributed by atoms with Crippen LogP contribution in [-0.2, 0) is 33.5 Å². The molecule has 1 unspecified atom stereocenters. The second-order valence-corrected chi connectivity index (χ2v) is 9.36. The van der Waals surface area contributed by atoms with Crippen molar-refractivity contribution in [3.8, 4) is 11.5 Å². The molecular formula is C25H32F3NO5. The molecule has 1 saturated carbocycles. The number of benzene rings is 1. The van der Waals surface area contributed by atoms with E-state index in [9.17, 15) is 23.1 Å². The number of hydrogen-bond donors (Lipinski definition) is 1. The van der Waals surface area contributed by atoms with Gasteiger partial charge in [-0.2, -0.15) is 13.2 Å². The van der Waals surface area contributed by atoms with Crippen LogP contribution >= 0.6 is 0 Å². The van der Waals surface area contributed by atoms with E-state index < -0.39 is 23.3 Å². The fraction of sp³-hybridized carbons (Fsp3) is 0.600. The second-order valence-electron chi connectivity index (χ2n) is 9.36. The molecule has 34 heavy (non-hydrogen) atoms. The van der Waals surface area contributed by atoms with Gasteiger partial charge in [0.2, 0.25) is 5.89 Å². The Labute approximate surface area is 197 Å². The van der Waals surface area contributed by atoms with Gasteiger partial charge in [-0.25, -0.2) is 9.78 Å². The van der Waals surface area contributed by atoms with Crippen molar-refractivity contribution in [2.45, 2.75) is 71.3 Å². The van der Waals surface area contributed by atoms with E-state index in [1.54, 1.807) is 13.8 Å². The number of nitrogens with zero attached hydrogens (tertiary/aromatic N) is 1. The Hall–Kier alpha value is -2.39. The molecule has 3 rings (SSSR count). The summed E-state index contributed by atoms with van der Waals surface area (Å²) < 4.78 is 55.8. The van der Waals surface area contributed by atoms with Gasteiger partial charge >= 0.3 is 12.1 Å². The third-order valence-electron chi connectivity index (χ3n) is 6.24. The van der Waals surface area contributed by atoms with Crippen LogP contribution in [-0.4, -0.2) is 34.9 Å². The largest absolute Gasteiger partial charge is 0.479 e. The van der Waals surface area contributed by atoms with Gasteiger partial charge in [0.1, 0.15) is 11.5 Å². The number of carboxylic acids is 1. The number of oxazole rings is 1. The van der Waals surface area contributed by atoms with Crippen LogP contribution in [0, 0.1) is 11.8 Å². The maximum absolute atomic E-state index is 12.8. The zero-order valence-corrected chi connectivity index (χ0v) is 19.8.